The van der Waals surface area contributed by atoms with Gasteiger partial charge in [-0.3, -0.25) is 9.69 Å². The van der Waals surface area contributed by atoms with Crippen molar-refractivity contribution in [3.8, 4) is 11.5 Å². The SMILES string of the molecule is O=c1c(O)c(CN2CCCC2)ccn1Cc1cccc(OO)c1. The first-order valence-corrected chi connectivity index (χ1v) is 7.71. The van der Waals surface area contributed by atoms with Gasteiger partial charge in [0.05, 0.1) is 6.54 Å². The van der Waals surface area contributed by atoms with Gasteiger partial charge in [0.25, 0.3) is 5.56 Å². The van der Waals surface area contributed by atoms with E-state index in [1.54, 1.807) is 30.5 Å². The maximum absolute atomic E-state index is 12.3. The molecule has 0 aliphatic carbocycles. The number of rotatable bonds is 5. The van der Waals surface area contributed by atoms with E-state index in [2.05, 4.69) is 9.79 Å². The quantitative estimate of drug-likeness (QED) is 0.652. The summed E-state index contributed by atoms with van der Waals surface area (Å²) in [6.45, 7) is 2.93. The summed E-state index contributed by atoms with van der Waals surface area (Å²) in [6, 6.07) is 8.60. The highest BCUT2D eigenvalue weighted by molar-refractivity contribution is 5.31. The van der Waals surface area contributed by atoms with Crippen molar-refractivity contribution < 1.29 is 15.3 Å². The molecule has 6 heteroatoms. The standard InChI is InChI=1S/C17H20N2O4/c20-16-14(12-18-7-1-2-8-18)6-9-19(17(16)21)11-13-4-3-5-15(10-13)23-22/h3-6,9-10,20,22H,1-2,7-8,11-12H2. The van der Waals surface area contributed by atoms with Crippen LogP contribution in [0.4, 0.5) is 0 Å². The maximum Gasteiger partial charge on any atom is 0.293 e. The lowest BCUT2D eigenvalue weighted by atomic mass is 10.2. The molecule has 1 aromatic heterocycles. The van der Waals surface area contributed by atoms with Crippen LogP contribution in [0.15, 0.2) is 41.3 Å². The monoisotopic (exact) mass is 316 g/mol. The third-order valence-corrected chi connectivity index (χ3v) is 4.17. The molecule has 0 bridgehead atoms. The molecule has 6 nitrogen and oxygen atoms in total. The molecular weight excluding hydrogens is 296 g/mol. The minimum atomic E-state index is -0.406. The molecule has 2 aromatic rings. The predicted octanol–water partition coefficient (Wildman–Crippen LogP) is 2.05. The van der Waals surface area contributed by atoms with E-state index in [4.69, 9.17) is 5.26 Å². The van der Waals surface area contributed by atoms with Crippen LogP contribution in [-0.2, 0) is 13.1 Å². The molecule has 2 N–H and O–H groups in total. The van der Waals surface area contributed by atoms with Gasteiger partial charge in [0.1, 0.15) is 0 Å². The largest absolute Gasteiger partial charge is 0.503 e. The Balaban J connectivity index is 1.80. The van der Waals surface area contributed by atoms with Crippen LogP contribution < -0.4 is 10.4 Å². The summed E-state index contributed by atoms with van der Waals surface area (Å²) in [5, 5.41) is 18.9. The van der Waals surface area contributed by atoms with Gasteiger partial charge >= 0.3 is 0 Å². The fourth-order valence-corrected chi connectivity index (χ4v) is 2.93. The topological polar surface area (TPSA) is 74.9 Å². The van der Waals surface area contributed by atoms with Gasteiger partial charge < -0.3 is 14.6 Å². The van der Waals surface area contributed by atoms with E-state index in [0.717, 1.165) is 18.7 Å². The van der Waals surface area contributed by atoms with Crippen LogP contribution in [0.5, 0.6) is 11.5 Å². The normalized spacial score (nSPS) is 15.0. The minimum absolute atomic E-state index is 0.186. The summed E-state index contributed by atoms with van der Waals surface area (Å²) in [7, 11) is 0. The highest BCUT2D eigenvalue weighted by atomic mass is 17.1. The van der Waals surface area contributed by atoms with E-state index in [1.165, 1.54) is 17.4 Å². The van der Waals surface area contributed by atoms with Gasteiger partial charge in [0, 0.05) is 18.3 Å². The molecule has 0 spiro atoms. The zero-order valence-corrected chi connectivity index (χ0v) is 12.8. The van der Waals surface area contributed by atoms with Crippen molar-refractivity contribution in [1.82, 2.24) is 9.47 Å². The van der Waals surface area contributed by atoms with Crippen LogP contribution in [0.2, 0.25) is 0 Å². The lowest BCUT2D eigenvalue weighted by molar-refractivity contribution is -0.137. The molecule has 0 saturated carbocycles. The van der Waals surface area contributed by atoms with E-state index in [1.807, 2.05) is 6.07 Å². The van der Waals surface area contributed by atoms with Gasteiger partial charge in [-0.25, -0.2) is 5.26 Å². The lowest BCUT2D eigenvalue weighted by Crippen LogP contribution is -2.24. The molecule has 0 atom stereocenters. The van der Waals surface area contributed by atoms with Crippen molar-refractivity contribution in [2.24, 2.45) is 0 Å². The highest BCUT2D eigenvalue weighted by Gasteiger charge is 2.16. The number of hydrogen-bond acceptors (Lipinski definition) is 5. The Bertz CT molecular complexity index is 736. The fraction of sp³-hybridized carbons (Fsp3) is 0.353. The van der Waals surface area contributed by atoms with Crippen LogP contribution in [0.3, 0.4) is 0 Å². The molecule has 2 heterocycles. The Morgan fingerprint density at radius 1 is 1.13 bits per heavy atom. The van der Waals surface area contributed by atoms with E-state index in [0.29, 0.717) is 24.4 Å². The molecule has 1 saturated heterocycles. The molecule has 1 aliphatic rings. The van der Waals surface area contributed by atoms with E-state index >= 15 is 0 Å². The molecular formula is C17H20N2O4. The second kappa shape index (κ2) is 6.85. The van der Waals surface area contributed by atoms with E-state index in [9.17, 15) is 9.90 Å². The van der Waals surface area contributed by atoms with Gasteiger partial charge in [0.15, 0.2) is 11.5 Å². The summed E-state index contributed by atoms with van der Waals surface area (Å²) >= 11 is 0. The van der Waals surface area contributed by atoms with Crippen LogP contribution >= 0.6 is 0 Å². The Kier molecular flexibility index (Phi) is 4.64. The van der Waals surface area contributed by atoms with Gasteiger partial charge in [-0.2, -0.15) is 0 Å². The van der Waals surface area contributed by atoms with Gasteiger partial charge in [-0.1, -0.05) is 12.1 Å². The summed E-state index contributed by atoms with van der Waals surface area (Å²) < 4.78 is 1.44. The van der Waals surface area contributed by atoms with Crippen molar-refractivity contribution in [1.29, 1.82) is 0 Å². The number of hydrogen-bond donors (Lipinski definition) is 2. The third kappa shape index (κ3) is 3.55. The number of aromatic nitrogens is 1. The Morgan fingerprint density at radius 2 is 1.91 bits per heavy atom. The molecule has 122 valence electrons. The van der Waals surface area contributed by atoms with Gasteiger partial charge in [-0.15, -0.1) is 0 Å². The van der Waals surface area contributed by atoms with Crippen LogP contribution in [-0.4, -0.2) is 32.9 Å². The molecule has 1 aliphatic heterocycles. The molecule has 1 fully saturated rings. The zero-order chi connectivity index (χ0) is 16.2. The second-order valence-corrected chi connectivity index (χ2v) is 5.84. The molecule has 3 rings (SSSR count). The Morgan fingerprint density at radius 3 is 2.65 bits per heavy atom. The molecule has 0 unspecified atom stereocenters. The summed E-state index contributed by atoms with van der Waals surface area (Å²) in [6.07, 6.45) is 4.03. The Labute approximate surface area is 134 Å². The van der Waals surface area contributed by atoms with Crippen molar-refractivity contribution in [2.75, 3.05) is 13.1 Å². The average molecular weight is 316 g/mol. The third-order valence-electron chi connectivity index (χ3n) is 4.17. The first-order chi connectivity index (χ1) is 11.2. The second-order valence-electron chi connectivity index (χ2n) is 5.84. The summed E-state index contributed by atoms with van der Waals surface area (Å²) in [5.41, 5.74) is 1.06. The van der Waals surface area contributed by atoms with Gasteiger partial charge in [0.2, 0.25) is 0 Å². The Hall–Kier alpha value is -2.31. The summed E-state index contributed by atoms with van der Waals surface area (Å²) in [5.74, 6) is 0.124. The number of nitrogens with zero attached hydrogens (tertiary/aromatic N) is 2. The van der Waals surface area contributed by atoms with E-state index in [-0.39, 0.29) is 5.75 Å². The van der Waals surface area contributed by atoms with Crippen molar-refractivity contribution in [3.63, 3.8) is 0 Å². The van der Waals surface area contributed by atoms with E-state index < -0.39 is 5.56 Å². The molecule has 23 heavy (non-hydrogen) atoms. The number of likely N-dealkylation sites (tertiary alicyclic amines) is 1. The van der Waals surface area contributed by atoms with Gasteiger partial charge in [-0.05, 0) is 49.7 Å². The number of benzene rings is 1. The molecule has 0 amide bonds. The van der Waals surface area contributed by atoms with Crippen LogP contribution in [0.1, 0.15) is 24.0 Å². The zero-order valence-electron chi connectivity index (χ0n) is 12.8. The lowest BCUT2D eigenvalue weighted by Gasteiger charge is -2.16. The van der Waals surface area contributed by atoms with Crippen LogP contribution in [0, 0.1) is 0 Å². The van der Waals surface area contributed by atoms with Crippen LogP contribution in [0.25, 0.3) is 0 Å². The highest BCUT2D eigenvalue weighted by Crippen LogP contribution is 2.18. The maximum atomic E-state index is 12.3. The smallest absolute Gasteiger partial charge is 0.293 e. The first kappa shape index (κ1) is 15.6. The van der Waals surface area contributed by atoms with Crippen molar-refractivity contribution in [2.45, 2.75) is 25.9 Å². The number of aromatic hydroxyl groups is 1. The minimum Gasteiger partial charge on any atom is -0.503 e. The molecule has 0 radical (unpaired) electrons. The first-order valence-electron chi connectivity index (χ1n) is 7.71. The van der Waals surface area contributed by atoms with Crippen molar-refractivity contribution >= 4 is 0 Å². The fourth-order valence-electron chi connectivity index (χ4n) is 2.93. The van der Waals surface area contributed by atoms with Crippen molar-refractivity contribution in [3.05, 3.63) is 58.0 Å². The molecule has 1 aromatic carbocycles. The number of pyridine rings is 1. The summed E-state index contributed by atoms with van der Waals surface area (Å²) in [4.78, 5) is 18.8. The predicted molar refractivity (Wildman–Crippen MR) is 85.7 cm³/mol. The average Bonchev–Trinajstić information content (AvgIpc) is 3.08.